The molecule has 14 heavy (non-hydrogen) atoms. The highest BCUT2D eigenvalue weighted by Gasteiger charge is 2.17. The fourth-order valence-electron chi connectivity index (χ4n) is 1.21. The summed E-state index contributed by atoms with van der Waals surface area (Å²) in [5.74, 6) is -0.993. The SMILES string of the molecule is CCC(C(=O)O)n1cc(Br)ccc1=O. The summed E-state index contributed by atoms with van der Waals surface area (Å²) in [5, 5.41) is 8.87. The van der Waals surface area contributed by atoms with Crippen LogP contribution in [0.4, 0.5) is 0 Å². The van der Waals surface area contributed by atoms with Crippen molar-refractivity contribution >= 4 is 21.9 Å². The Morgan fingerprint density at radius 3 is 2.79 bits per heavy atom. The quantitative estimate of drug-likeness (QED) is 0.898. The average molecular weight is 260 g/mol. The van der Waals surface area contributed by atoms with Gasteiger partial charge in [-0.25, -0.2) is 4.79 Å². The van der Waals surface area contributed by atoms with Gasteiger partial charge < -0.3 is 9.67 Å². The van der Waals surface area contributed by atoms with E-state index < -0.39 is 12.0 Å². The molecule has 0 saturated carbocycles. The topological polar surface area (TPSA) is 59.3 Å². The van der Waals surface area contributed by atoms with E-state index in [1.54, 1.807) is 13.0 Å². The van der Waals surface area contributed by atoms with Crippen LogP contribution in [0.15, 0.2) is 27.6 Å². The molecule has 0 fully saturated rings. The number of halogens is 1. The van der Waals surface area contributed by atoms with E-state index in [-0.39, 0.29) is 5.56 Å². The van der Waals surface area contributed by atoms with Crippen LogP contribution in [0, 0.1) is 0 Å². The second kappa shape index (κ2) is 4.41. The van der Waals surface area contributed by atoms with E-state index in [4.69, 9.17) is 5.11 Å². The van der Waals surface area contributed by atoms with Crippen LogP contribution in [0.3, 0.4) is 0 Å². The predicted octanol–water partition coefficient (Wildman–Crippen LogP) is 1.65. The Morgan fingerprint density at radius 1 is 1.64 bits per heavy atom. The van der Waals surface area contributed by atoms with Gasteiger partial charge >= 0.3 is 5.97 Å². The zero-order valence-electron chi connectivity index (χ0n) is 7.61. The molecular formula is C9H10BrNO3. The predicted molar refractivity (Wildman–Crippen MR) is 55.4 cm³/mol. The zero-order chi connectivity index (χ0) is 10.7. The standard InChI is InChI=1S/C9H10BrNO3/c1-2-7(9(13)14)11-5-6(10)3-4-8(11)12/h3-5,7H,2H2,1H3,(H,13,14). The third kappa shape index (κ3) is 2.23. The Balaban J connectivity index is 3.22. The van der Waals surface area contributed by atoms with Gasteiger partial charge in [0.25, 0.3) is 5.56 Å². The number of hydrogen-bond donors (Lipinski definition) is 1. The Labute approximate surface area is 89.3 Å². The molecular weight excluding hydrogens is 250 g/mol. The summed E-state index contributed by atoms with van der Waals surface area (Å²) in [7, 11) is 0. The first-order valence-corrected chi connectivity index (χ1v) is 4.96. The third-order valence-corrected chi connectivity index (χ3v) is 2.38. The smallest absolute Gasteiger partial charge is 0.326 e. The van der Waals surface area contributed by atoms with Crippen LogP contribution in [-0.4, -0.2) is 15.6 Å². The van der Waals surface area contributed by atoms with E-state index in [1.165, 1.54) is 16.8 Å². The second-order valence-electron chi connectivity index (χ2n) is 2.86. The van der Waals surface area contributed by atoms with E-state index in [1.807, 2.05) is 0 Å². The van der Waals surface area contributed by atoms with E-state index in [2.05, 4.69) is 15.9 Å². The normalized spacial score (nSPS) is 12.4. The molecule has 0 aliphatic rings. The van der Waals surface area contributed by atoms with Crippen molar-refractivity contribution in [3.63, 3.8) is 0 Å². The van der Waals surface area contributed by atoms with Crippen LogP contribution in [0.5, 0.6) is 0 Å². The second-order valence-corrected chi connectivity index (χ2v) is 3.77. The maximum atomic E-state index is 11.4. The van der Waals surface area contributed by atoms with Crippen LogP contribution in [0.1, 0.15) is 19.4 Å². The van der Waals surface area contributed by atoms with Crippen LogP contribution in [0.2, 0.25) is 0 Å². The number of nitrogens with zero attached hydrogens (tertiary/aromatic N) is 1. The van der Waals surface area contributed by atoms with Gasteiger partial charge in [-0.1, -0.05) is 6.92 Å². The summed E-state index contributed by atoms with van der Waals surface area (Å²) in [6, 6.07) is 2.14. The minimum Gasteiger partial charge on any atom is -0.480 e. The molecule has 0 radical (unpaired) electrons. The van der Waals surface area contributed by atoms with E-state index in [9.17, 15) is 9.59 Å². The molecule has 0 aliphatic carbocycles. The van der Waals surface area contributed by atoms with Gasteiger partial charge in [-0.3, -0.25) is 4.79 Å². The molecule has 0 aromatic carbocycles. The number of aromatic nitrogens is 1. The largest absolute Gasteiger partial charge is 0.480 e. The summed E-state index contributed by atoms with van der Waals surface area (Å²) in [6.45, 7) is 1.73. The minimum atomic E-state index is -0.993. The van der Waals surface area contributed by atoms with Gasteiger partial charge in [-0.15, -0.1) is 0 Å². The molecule has 1 aromatic rings. The lowest BCUT2D eigenvalue weighted by molar-refractivity contribution is -0.141. The number of carbonyl (C=O) groups is 1. The van der Waals surface area contributed by atoms with Crippen LogP contribution >= 0.6 is 15.9 Å². The van der Waals surface area contributed by atoms with Crippen molar-refractivity contribution < 1.29 is 9.90 Å². The first-order valence-electron chi connectivity index (χ1n) is 4.16. The molecule has 4 nitrogen and oxygen atoms in total. The molecule has 0 spiro atoms. The van der Waals surface area contributed by atoms with Gasteiger partial charge in [0.1, 0.15) is 6.04 Å². The zero-order valence-corrected chi connectivity index (χ0v) is 9.19. The third-order valence-electron chi connectivity index (χ3n) is 1.91. The summed E-state index contributed by atoms with van der Waals surface area (Å²) in [4.78, 5) is 22.2. The first kappa shape index (κ1) is 11.0. The van der Waals surface area contributed by atoms with Gasteiger partial charge in [0.2, 0.25) is 0 Å². The Bertz CT molecular complexity index is 399. The lowest BCUT2D eigenvalue weighted by Gasteiger charge is -2.13. The van der Waals surface area contributed by atoms with Crippen molar-refractivity contribution in [3.05, 3.63) is 33.2 Å². The Kier molecular flexibility index (Phi) is 3.46. The molecule has 1 atom stereocenters. The minimum absolute atomic E-state index is 0.303. The molecule has 1 N–H and O–H groups in total. The molecule has 0 saturated heterocycles. The van der Waals surface area contributed by atoms with Crippen LogP contribution < -0.4 is 5.56 Å². The van der Waals surface area contributed by atoms with E-state index in [0.29, 0.717) is 10.9 Å². The highest BCUT2D eigenvalue weighted by Crippen LogP contribution is 2.12. The molecule has 5 heteroatoms. The highest BCUT2D eigenvalue weighted by molar-refractivity contribution is 9.10. The molecule has 0 bridgehead atoms. The van der Waals surface area contributed by atoms with Gasteiger partial charge in [0, 0.05) is 16.7 Å². The highest BCUT2D eigenvalue weighted by atomic mass is 79.9. The molecule has 0 amide bonds. The summed E-state index contributed by atoms with van der Waals surface area (Å²) < 4.78 is 1.91. The number of pyridine rings is 1. The molecule has 0 aliphatic heterocycles. The lowest BCUT2D eigenvalue weighted by atomic mass is 10.2. The fourth-order valence-corrected chi connectivity index (χ4v) is 1.56. The summed E-state index contributed by atoms with van der Waals surface area (Å²) in [5.41, 5.74) is -0.303. The van der Waals surface area contributed by atoms with Crippen molar-refractivity contribution in [2.24, 2.45) is 0 Å². The van der Waals surface area contributed by atoms with Crippen molar-refractivity contribution in [3.8, 4) is 0 Å². The number of carboxylic acid groups (broad SMARTS) is 1. The Morgan fingerprint density at radius 2 is 2.29 bits per heavy atom. The summed E-state index contributed by atoms with van der Waals surface area (Å²) in [6.07, 6.45) is 1.87. The number of rotatable bonds is 3. The molecule has 1 rings (SSSR count). The van der Waals surface area contributed by atoms with E-state index >= 15 is 0 Å². The Hall–Kier alpha value is -1.10. The maximum Gasteiger partial charge on any atom is 0.326 e. The van der Waals surface area contributed by atoms with Crippen molar-refractivity contribution in [2.45, 2.75) is 19.4 Å². The molecule has 1 aromatic heterocycles. The number of hydrogen-bond acceptors (Lipinski definition) is 2. The molecule has 76 valence electrons. The fraction of sp³-hybridized carbons (Fsp3) is 0.333. The van der Waals surface area contributed by atoms with Crippen molar-refractivity contribution in [1.82, 2.24) is 4.57 Å². The van der Waals surface area contributed by atoms with Crippen molar-refractivity contribution in [1.29, 1.82) is 0 Å². The van der Waals surface area contributed by atoms with Gasteiger partial charge in [-0.2, -0.15) is 0 Å². The lowest BCUT2D eigenvalue weighted by Crippen LogP contribution is -2.28. The van der Waals surface area contributed by atoms with Crippen LogP contribution in [-0.2, 0) is 4.79 Å². The van der Waals surface area contributed by atoms with Crippen molar-refractivity contribution in [2.75, 3.05) is 0 Å². The molecule has 1 unspecified atom stereocenters. The maximum absolute atomic E-state index is 11.4. The van der Waals surface area contributed by atoms with Gasteiger partial charge in [0.05, 0.1) is 0 Å². The number of aliphatic carboxylic acids is 1. The first-order chi connectivity index (χ1) is 6.56. The van der Waals surface area contributed by atoms with Gasteiger partial charge in [0.15, 0.2) is 0 Å². The van der Waals surface area contributed by atoms with Crippen LogP contribution in [0.25, 0.3) is 0 Å². The monoisotopic (exact) mass is 259 g/mol. The average Bonchev–Trinajstić information content (AvgIpc) is 2.11. The van der Waals surface area contributed by atoms with E-state index in [0.717, 1.165) is 0 Å². The summed E-state index contributed by atoms with van der Waals surface area (Å²) >= 11 is 3.19. The number of carboxylic acids is 1. The molecule has 1 heterocycles. The van der Waals surface area contributed by atoms with Gasteiger partial charge in [-0.05, 0) is 28.4 Å².